The van der Waals surface area contributed by atoms with E-state index >= 15 is 0 Å². The Morgan fingerprint density at radius 2 is 1.88 bits per heavy atom. The van der Waals surface area contributed by atoms with Crippen LogP contribution in [-0.4, -0.2) is 62.4 Å². The van der Waals surface area contributed by atoms with E-state index in [1.807, 2.05) is 19.9 Å². The molecule has 8 nitrogen and oxygen atoms in total. The molecular formula is C26H34N2O6. The first kappa shape index (κ1) is 23.3. The molecule has 0 aromatic heterocycles. The number of anilines is 1. The molecule has 1 spiro atoms. The van der Waals surface area contributed by atoms with Crippen molar-refractivity contribution in [3.63, 3.8) is 0 Å². The second-order valence-electron chi connectivity index (χ2n) is 11.9. The van der Waals surface area contributed by atoms with Crippen molar-refractivity contribution in [2.75, 3.05) is 11.5 Å². The molecule has 3 amide bonds. The lowest BCUT2D eigenvalue weighted by Gasteiger charge is -2.47. The SMILES string of the molecule is CC(C)(C)OC(=O)N1C(=O)[C@@]2(C[C@@]3(CO)N4C(=O)CCC[C@H]4C[C@@]3(O)C2(C)C)c2ccccc21. The minimum atomic E-state index is -1.52. The summed E-state index contributed by atoms with van der Waals surface area (Å²) in [6.07, 6.45) is 1.42. The quantitative estimate of drug-likeness (QED) is 0.654. The van der Waals surface area contributed by atoms with Gasteiger partial charge < -0.3 is 19.8 Å². The van der Waals surface area contributed by atoms with Gasteiger partial charge in [0.25, 0.3) is 0 Å². The molecule has 4 atom stereocenters. The summed E-state index contributed by atoms with van der Waals surface area (Å²) in [4.78, 5) is 43.5. The number of hydrogen-bond acceptors (Lipinski definition) is 6. The average molecular weight is 471 g/mol. The summed E-state index contributed by atoms with van der Waals surface area (Å²) in [5, 5.41) is 23.2. The van der Waals surface area contributed by atoms with Crippen LogP contribution in [0.15, 0.2) is 24.3 Å². The van der Waals surface area contributed by atoms with E-state index in [4.69, 9.17) is 4.74 Å². The summed E-state index contributed by atoms with van der Waals surface area (Å²) in [5.74, 6) is -0.582. The lowest BCUT2D eigenvalue weighted by molar-refractivity contribution is -0.155. The number of imide groups is 1. The number of nitrogens with zero attached hydrogens (tertiary/aromatic N) is 2. The third kappa shape index (κ3) is 2.48. The van der Waals surface area contributed by atoms with E-state index in [0.29, 0.717) is 17.7 Å². The average Bonchev–Trinajstić information content (AvgIpc) is 3.21. The number of aliphatic hydroxyl groups excluding tert-OH is 1. The monoisotopic (exact) mass is 470 g/mol. The van der Waals surface area contributed by atoms with Gasteiger partial charge in [-0.25, -0.2) is 9.69 Å². The fourth-order valence-corrected chi connectivity index (χ4v) is 7.51. The van der Waals surface area contributed by atoms with E-state index in [-0.39, 0.29) is 24.8 Å². The van der Waals surface area contributed by atoms with Crippen LogP contribution in [0.2, 0.25) is 0 Å². The number of benzene rings is 1. The number of carbonyl (C=O) groups is 3. The van der Waals surface area contributed by atoms with Gasteiger partial charge in [0, 0.05) is 17.9 Å². The number of piperidine rings is 1. The highest BCUT2D eigenvalue weighted by Gasteiger charge is 2.83. The molecule has 2 saturated heterocycles. The molecule has 0 unspecified atom stereocenters. The van der Waals surface area contributed by atoms with Gasteiger partial charge in [0.15, 0.2) is 0 Å². The summed E-state index contributed by atoms with van der Waals surface area (Å²) >= 11 is 0. The van der Waals surface area contributed by atoms with Crippen molar-refractivity contribution in [3.8, 4) is 0 Å². The number of para-hydroxylation sites is 1. The second-order valence-corrected chi connectivity index (χ2v) is 11.9. The Hall–Kier alpha value is -2.45. The fourth-order valence-electron chi connectivity index (χ4n) is 7.51. The Balaban J connectivity index is 1.71. The van der Waals surface area contributed by atoms with Gasteiger partial charge in [0.2, 0.25) is 11.8 Å². The van der Waals surface area contributed by atoms with E-state index in [0.717, 1.165) is 17.7 Å². The molecule has 2 N–H and O–H groups in total. The molecule has 184 valence electrons. The first-order chi connectivity index (χ1) is 15.8. The standard InChI is InChI=1S/C26H34N2O6/c1-22(2,3)34-21(32)27-18-11-7-6-10-17(18)25(20(27)31)14-24(15-29)26(33,23(25,4)5)13-16-9-8-12-19(30)28(16)24/h6-7,10-11,16,29,33H,8-9,12-15H2,1-5H3/t16-,24-,25+,26+/m0/s1. The molecule has 3 fully saturated rings. The van der Waals surface area contributed by atoms with Crippen LogP contribution in [0.3, 0.4) is 0 Å². The minimum Gasteiger partial charge on any atom is -0.443 e. The van der Waals surface area contributed by atoms with Crippen molar-refractivity contribution in [1.82, 2.24) is 4.90 Å². The van der Waals surface area contributed by atoms with Crippen LogP contribution in [0.5, 0.6) is 0 Å². The Labute approximate surface area is 199 Å². The summed E-state index contributed by atoms with van der Waals surface area (Å²) in [6, 6.07) is 6.90. The predicted octanol–water partition coefficient (Wildman–Crippen LogP) is 2.88. The molecule has 1 aliphatic carbocycles. The molecule has 0 radical (unpaired) electrons. The van der Waals surface area contributed by atoms with Crippen molar-refractivity contribution in [2.24, 2.45) is 5.41 Å². The normalized spacial score (nSPS) is 36.0. The second kappa shape index (κ2) is 6.82. The number of amides is 3. The maximum Gasteiger partial charge on any atom is 0.421 e. The first-order valence-electron chi connectivity index (χ1n) is 12.1. The molecule has 3 aliphatic heterocycles. The Bertz CT molecular complexity index is 1090. The maximum atomic E-state index is 14.3. The molecule has 1 aromatic carbocycles. The van der Waals surface area contributed by atoms with Gasteiger partial charge in [-0.05, 0) is 58.1 Å². The van der Waals surface area contributed by atoms with Crippen LogP contribution >= 0.6 is 0 Å². The zero-order valence-electron chi connectivity index (χ0n) is 20.6. The molecule has 3 heterocycles. The van der Waals surface area contributed by atoms with Gasteiger partial charge >= 0.3 is 6.09 Å². The fraction of sp³-hybridized carbons (Fsp3) is 0.654. The smallest absolute Gasteiger partial charge is 0.421 e. The number of hydrogen-bond donors (Lipinski definition) is 2. The van der Waals surface area contributed by atoms with Crippen LogP contribution in [0.25, 0.3) is 0 Å². The van der Waals surface area contributed by atoms with Gasteiger partial charge in [-0.15, -0.1) is 0 Å². The summed E-state index contributed by atoms with van der Waals surface area (Å²) in [7, 11) is 0. The Morgan fingerprint density at radius 1 is 1.21 bits per heavy atom. The first-order valence-corrected chi connectivity index (χ1v) is 12.1. The lowest BCUT2D eigenvalue weighted by atomic mass is 9.59. The molecular weight excluding hydrogens is 436 g/mol. The molecule has 34 heavy (non-hydrogen) atoms. The van der Waals surface area contributed by atoms with Crippen molar-refractivity contribution < 1.29 is 29.3 Å². The van der Waals surface area contributed by atoms with Crippen LogP contribution < -0.4 is 4.90 Å². The number of carbonyl (C=O) groups excluding carboxylic acids is 3. The van der Waals surface area contributed by atoms with E-state index < -0.39 is 46.2 Å². The number of ether oxygens (including phenoxy) is 1. The number of rotatable bonds is 1. The van der Waals surface area contributed by atoms with Gasteiger partial charge in [-0.2, -0.15) is 0 Å². The zero-order chi connectivity index (χ0) is 24.9. The van der Waals surface area contributed by atoms with E-state index in [1.54, 1.807) is 43.9 Å². The van der Waals surface area contributed by atoms with Gasteiger partial charge in [0.05, 0.1) is 28.8 Å². The van der Waals surface area contributed by atoms with Crippen LogP contribution in [0.1, 0.15) is 72.3 Å². The topological polar surface area (TPSA) is 107 Å². The third-order valence-corrected chi connectivity index (χ3v) is 8.99. The summed E-state index contributed by atoms with van der Waals surface area (Å²) < 4.78 is 5.58. The van der Waals surface area contributed by atoms with Crippen molar-refractivity contribution >= 4 is 23.6 Å². The maximum absolute atomic E-state index is 14.3. The van der Waals surface area contributed by atoms with Gasteiger partial charge in [-0.1, -0.05) is 32.0 Å². The highest BCUT2D eigenvalue weighted by Crippen LogP contribution is 2.72. The summed E-state index contributed by atoms with van der Waals surface area (Å²) in [6.45, 7) is 8.42. The zero-order valence-corrected chi connectivity index (χ0v) is 20.6. The largest absolute Gasteiger partial charge is 0.443 e. The summed E-state index contributed by atoms with van der Waals surface area (Å²) in [5.41, 5.74) is -5.01. The predicted molar refractivity (Wildman–Crippen MR) is 124 cm³/mol. The van der Waals surface area contributed by atoms with Gasteiger partial charge in [0.1, 0.15) is 5.60 Å². The molecule has 4 aliphatic rings. The highest BCUT2D eigenvalue weighted by molar-refractivity contribution is 6.22. The third-order valence-electron chi connectivity index (χ3n) is 8.99. The molecule has 1 aromatic rings. The minimum absolute atomic E-state index is 0.0391. The van der Waals surface area contributed by atoms with Crippen LogP contribution in [-0.2, 0) is 19.7 Å². The number of aliphatic hydroxyl groups is 2. The van der Waals surface area contributed by atoms with Crippen molar-refractivity contribution in [2.45, 2.75) is 94.9 Å². The van der Waals surface area contributed by atoms with Crippen molar-refractivity contribution in [3.05, 3.63) is 29.8 Å². The Morgan fingerprint density at radius 3 is 2.53 bits per heavy atom. The highest BCUT2D eigenvalue weighted by atomic mass is 16.6. The molecule has 5 rings (SSSR count). The Kier molecular flexibility index (Phi) is 4.67. The van der Waals surface area contributed by atoms with E-state index in [2.05, 4.69) is 0 Å². The lowest BCUT2D eigenvalue weighted by Crippen LogP contribution is -2.63. The molecule has 0 bridgehead atoms. The van der Waals surface area contributed by atoms with Crippen LogP contribution in [0, 0.1) is 5.41 Å². The number of fused-ring (bicyclic) bond motifs is 5. The van der Waals surface area contributed by atoms with E-state index in [9.17, 15) is 24.6 Å². The molecule has 1 saturated carbocycles. The van der Waals surface area contributed by atoms with Crippen molar-refractivity contribution in [1.29, 1.82) is 0 Å². The van der Waals surface area contributed by atoms with E-state index in [1.165, 1.54) is 0 Å². The van der Waals surface area contributed by atoms with Gasteiger partial charge in [-0.3, -0.25) is 9.59 Å². The van der Waals surface area contributed by atoms with Crippen LogP contribution in [0.4, 0.5) is 10.5 Å². The molecule has 8 heteroatoms.